The summed E-state index contributed by atoms with van der Waals surface area (Å²) in [4.78, 5) is 0. The fourth-order valence-electron chi connectivity index (χ4n) is 1.19. The van der Waals surface area contributed by atoms with Crippen LogP contribution in [-0.2, 0) is 4.74 Å². The second kappa shape index (κ2) is 2.72. The summed E-state index contributed by atoms with van der Waals surface area (Å²) in [6.07, 6.45) is 5.08. The van der Waals surface area contributed by atoms with Crippen LogP contribution in [0.1, 0.15) is 20.3 Å². The van der Waals surface area contributed by atoms with Gasteiger partial charge in [0.05, 0.1) is 12.7 Å². The van der Waals surface area contributed by atoms with Gasteiger partial charge in [0.25, 0.3) is 0 Å². The van der Waals surface area contributed by atoms with Gasteiger partial charge in [0.1, 0.15) is 5.60 Å². The van der Waals surface area contributed by atoms with Crippen LogP contribution in [0.4, 0.5) is 0 Å². The molecule has 0 amide bonds. The largest absolute Gasteiger partial charge is 0.392 e. The monoisotopic (exact) mass is 142 g/mol. The molecule has 0 aromatic heterocycles. The summed E-state index contributed by atoms with van der Waals surface area (Å²) in [5.41, 5.74) is -0.0719. The normalized spacial score (nSPS) is 38.9. The van der Waals surface area contributed by atoms with Gasteiger partial charge >= 0.3 is 0 Å². The average molecular weight is 142 g/mol. The zero-order valence-corrected chi connectivity index (χ0v) is 6.50. The maximum absolute atomic E-state index is 8.47. The van der Waals surface area contributed by atoms with Crippen molar-refractivity contribution in [2.75, 3.05) is 6.61 Å². The van der Waals surface area contributed by atoms with E-state index in [1.807, 2.05) is 13.0 Å². The first kappa shape index (κ1) is 7.76. The van der Waals surface area contributed by atoms with E-state index >= 15 is 0 Å². The van der Waals surface area contributed by atoms with E-state index in [0.29, 0.717) is 6.10 Å². The summed E-state index contributed by atoms with van der Waals surface area (Å²) in [7, 11) is 0. The fourth-order valence-corrected chi connectivity index (χ4v) is 1.19. The lowest BCUT2D eigenvalue weighted by atomic mass is 10.1. The molecule has 1 N–H and O–H groups in total. The van der Waals surface area contributed by atoms with Crippen molar-refractivity contribution in [3.05, 3.63) is 12.2 Å². The van der Waals surface area contributed by atoms with Crippen molar-refractivity contribution in [2.24, 2.45) is 0 Å². The average Bonchev–Trinajstić information content (AvgIpc) is 2.59. The number of ether oxygens (including phenoxy) is 1. The Labute approximate surface area is 61.5 Å². The number of rotatable bonds is 3. The first-order valence-electron chi connectivity index (χ1n) is 3.69. The Hall–Kier alpha value is -0.340. The summed E-state index contributed by atoms with van der Waals surface area (Å²) in [6.45, 7) is 4.24. The molecule has 58 valence electrons. The Balaban J connectivity index is 2.36. The Morgan fingerprint density at radius 1 is 1.70 bits per heavy atom. The molecule has 0 saturated carbocycles. The highest BCUT2D eigenvalue weighted by Gasteiger charge is 2.48. The SMILES string of the molecule is CCC1OC1(C)/C=C/CO. The minimum absolute atomic E-state index is 0.0719. The summed E-state index contributed by atoms with van der Waals surface area (Å²) in [5, 5.41) is 8.47. The van der Waals surface area contributed by atoms with E-state index in [1.54, 1.807) is 6.08 Å². The third-order valence-electron chi connectivity index (χ3n) is 1.90. The lowest BCUT2D eigenvalue weighted by Crippen LogP contribution is -2.04. The van der Waals surface area contributed by atoms with Crippen molar-refractivity contribution in [1.82, 2.24) is 0 Å². The van der Waals surface area contributed by atoms with Crippen molar-refractivity contribution in [3.8, 4) is 0 Å². The molecule has 0 aromatic rings. The molecule has 2 nitrogen and oxygen atoms in total. The molecule has 2 unspecified atom stereocenters. The van der Waals surface area contributed by atoms with Crippen LogP contribution in [0.2, 0.25) is 0 Å². The molecule has 10 heavy (non-hydrogen) atoms. The molecule has 1 rings (SSSR count). The zero-order valence-electron chi connectivity index (χ0n) is 6.50. The maximum atomic E-state index is 8.47. The second-order valence-corrected chi connectivity index (χ2v) is 2.78. The van der Waals surface area contributed by atoms with Crippen molar-refractivity contribution >= 4 is 0 Å². The Bertz CT molecular complexity index is 142. The van der Waals surface area contributed by atoms with Crippen LogP contribution in [0, 0.1) is 0 Å². The van der Waals surface area contributed by atoms with Crippen LogP contribution in [0.5, 0.6) is 0 Å². The smallest absolute Gasteiger partial charge is 0.110 e. The van der Waals surface area contributed by atoms with Gasteiger partial charge in [0.2, 0.25) is 0 Å². The predicted octanol–water partition coefficient (Wildman–Crippen LogP) is 1.10. The van der Waals surface area contributed by atoms with E-state index in [2.05, 4.69) is 6.92 Å². The van der Waals surface area contributed by atoms with Crippen LogP contribution >= 0.6 is 0 Å². The molecule has 1 fully saturated rings. The van der Waals surface area contributed by atoms with Crippen LogP contribution in [0.15, 0.2) is 12.2 Å². The van der Waals surface area contributed by atoms with Crippen molar-refractivity contribution in [3.63, 3.8) is 0 Å². The van der Waals surface area contributed by atoms with Crippen LogP contribution in [-0.4, -0.2) is 23.4 Å². The predicted molar refractivity (Wildman–Crippen MR) is 39.8 cm³/mol. The Morgan fingerprint density at radius 3 is 2.80 bits per heavy atom. The highest BCUT2D eigenvalue weighted by atomic mass is 16.6. The zero-order chi connectivity index (χ0) is 7.61. The van der Waals surface area contributed by atoms with Gasteiger partial charge in [0, 0.05) is 0 Å². The van der Waals surface area contributed by atoms with E-state index in [1.165, 1.54) is 0 Å². The molecular formula is C8H14O2. The Kier molecular flexibility index (Phi) is 2.11. The van der Waals surface area contributed by atoms with Crippen LogP contribution in [0.3, 0.4) is 0 Å². The van der Waals surface area contributed by atoms with Crippen LogP contribution in [0.25, 0.3) is 0 Å². The van der Waals surface area contributed by atoms with E-state index in [4.69, 9.17) is 9.84 Å². The highest BCUT2D eigenvalue weighted by Crippen LogP contribution is 2.39. The van der Waals surface area contributed by atoms with Gasteiger partial charge in [-0.3, -0.25) is 0 Å². The van der Waals surface area contributed by atoms with E-state index in [9.17, 15) is 0 Å². The van der Waals surface area contributed by atoms with E-state index < -0.39 is 0 Å². The molecule has 0 aromatic carbocycles. The molecule has 0 radical (unpaired) electrons. The van der Waals surface area contributed by atoms with E-state index in [0.717, 1.165) is 6.42 Å². The number of hydrogen-bond acceptors (Lipinski definition) is 2. The number of aliphatic hydroxyl groups excluding tert-OH is 1. The number of hydrogen-bond donors (Lipinski definition) is 1. The molecule has 1 aliphatic rings. The van der Waals surface area contributed by atoms with Gasteiger partial charge in [-0.2, -0.15) is 0 Å². The van der Waals surface area contributed by atoms with Gasteiger partial charge < -0.3 is 9.84 Å². The molecular weight excluding hydrogens is 128 g/mol. The van der Waals surface area contributed by atoms with Gasteiger partial charge in [0.15, 0.2) is 0 Å². The molecule has 2 heteroatoms. The molecule has 1 saturated heterocycles. The lowest BCUT2D eigenvalue weighted by Gasteiger charge is -1.94. The quantitative estimate of drug-likeness (QED) is 0.473. The number of aliphatic hydroxyl groups is 1. The molecule has 1 aliphatic heterocycles. The third-order valence-corrected chi connectivity index (χ3v) is 1.90. The van der Waals surface area contributed by atoms with Crippen molar-refractivity contribution in [2.45, 2.75) is 32.0 Å². The summed E-state index contributed by atoms with van der Waals surface area (Å²) < 4.78 is 5.36. The topological polar surface area (TPSA) is 32.8 Å². The summed E-state index contributed by atoms with van der Waals surface area (Å²) >= 11 is 0. The molecule has 1 heterocycles. The van der Waals surface area contributed by atoms with E-state index in [-0.39, 0.29) is 12.2 Å². The minimum Gasteiger partial charge on any atom is -0.392 e. The summed E-state index contributed by atoms with van der Waals surface area (Å²) in [6, 6.07) is 0. The Morgan fingerprint density at radius 2 is 2.40 bits per heavy atom. The second-order valence-electron chi connectivity index (χ2n) is 2.78. The van der Waals surface area contributed by atoms with Crippen molar-refractivity contribution in [1.29, 1.82) is 0 Å². The van der Waals surface area contributed by atoms with Gasteiger partial charge in [-0.25, -0.2) is 0 Å². The van der Waals surface area contributed by atoms with Gasteiger partial charge in [-0.15, -0.1) is 0 Å². The minimum atomic E-state index is -0.0719. The third kappa shape index (κ3) is 1.39. The summed E-state index contributed by atoms with van der Waals surface area (Å²) in [5.74, 6) is 0. The standard InChI is InChI=1S/C8H14O2/c1-3-7-8(2,10-7)5-4-6-9/h4-5,7,9H,3,6H2,1-2H3/b5-4+. The first-order valence-corrected chi connectivity index (χ1v) is 3.69. The molecule has 0 bridgehead atoms. The van der Waals surface area contributed by atoms with Gasteiger partial charge in [-0.1, -0.05) is 19.1 Å². The van der Waals surface area contributed by atoms with Gasteiger partial charge in [-0.05, 0) is 13.3 Å². The maximum Gasteiger partial charge on any atom is 0.110 e. The molecule has 2 atom stereocenters. The highest BCUT2D eigenvalue weighted by molar-refractivity contribution is 5.13. The lowest BCUT2D eigenvalue weighted by molar-refractivity contribution is 0.329. The first-order chi connectivity index (χ1) is 4.73. The molecule has 0 aliphatic carbocycles. The number of epoxide rings is 1. The van der Waals surface area contributed by atoms with Crippen molar-refractivity contribution < 1.29 is 9.84 Å². The fraction of sp³-hybridized carbons (Fsp3) is 0.750. The molecule has 0 spiro atoms. The van der Waals surface area contributed by atoms with Crippen LogP contribution < -0.4 is 0 Å².